The number of nitrogens with zero attached hydrogens (tertiary/aromatic N) is 6. The van der Waals surface area contributed by atoms with E-state index in [2.05, 4.69) is 29.9 Å². The molecular formula is C25H3F11N6O3. The molecule has 0 saturated carbocycles. The van der Waals surface area contributed by atoms with Gasteiger partial charge in [0.05, 0.1) is 0 Å². The average molecular weight is 644 g/mol. The van der Waals surface area contributed by atoms with Gasteiger partial charge in [-0.05, 0) is 6.92 Å². The highest BCUT2D eigenvalue weighted by molar-refractivity contribution is 5.80. The number of rotatable bonds is 3. The van der Waals surface area contributed by atoms with Gasteiger partial charge in [-0.2, -0.15) is 23.7 Å². The van der Waals surface area contributed by atoms with Crippen molar-refractivity contribution in [1.29, 1.82) is 0 Å². The maximum atomic E-state index is 14.7. The Labute approximate surface area is 237 Å². The van der Waals surface area contributed by atoms with Crippen molar-refractivity contribution in [3.05, 3.63) is 69.6 Å². The predicted molar refractivity (Wildman–Crippen MR) is 123 cm³/mol. The Balaban J connectivity index is 1.51. The molecule has 7 aromatic rings. The van der Waals surface area contributed by atoms with E-state index in [1.54, 1.807) is 0 Å². The molecule has 0 aliphatic carbocycles. The van der Waals surface area contributed by atoms with E-state index in [9.17, 15) is 48.3 Å². The van der Waals surface area contributed by atoms with Crippen LogP contribution in [0.15, 0.2) is 13.3 Å². The smallest absolute Gasteiger partial charge is 0.266 e. The zero-order valence-electron chi connectivity index (χ0n) is 21.1. The lowest BCUT2D eigenvalue weighted by Gasteiger charge is -2.01. The lowest BCUT2D eigenvalue weighted by molar-refractivity contribution is 0.410. The summed E-state index contributed by atoms with van der Waals surface area (Å²) in [6.07, 6.45) is 0. The van der Waals surface area contributed by atoms with E-state index in [1.807, 2.05) is 0 Å². The minimum Gasteiger partial charge on any atom is -0.430 e. The molecule has 0 aliphatic rings. The number of halogens is 11. The minimum absolute atomic E-state index is 0.801. The topological polar surface area (TPSA) is 117 Å². The van der Waals surface area contributed by atoms with Crippen LogP contribution in [0.25, 0.3) is 68.4 Å². The summed E-state index contributed by atoms with van der Waals surface area (Å²) in [5, 5.41) is 0. The fourth-order valence-electron chi connectivity index (χ4n) is 4.13. The van der Waals surface area contributed by atoms with Gasteiger partial charge in [0.25, 0.3) is 17.7 Å². The molecular weight excluding hydrogens is 641 g/mol. The second-order valence-electron chi connectivity index (χ2n) is 8.98. The van der Waals surface area contributed by atoms with Crippen LogP contribution in [-0.2, 0) is 0 Å². The SMILES string of the molecule is Cc1c(F)c(F)c2nc(-c3nc(-c4nc5c(F)c(F)c(F)c(F)c5o4)nc(-c4nc5c(F)c(F)c(F)c(F)c5o4)n3)oc2c1F. The first-order valence-corrected chi connectivity index (χ1v) is 11.7. The number of aromatic nitrogens is 6. The number of oxazole rings is 3. The van der Waals surface area contributed by atoms with Crippen molar-refractivity contribution in [1.82, 2.24) is 29.9 Å². The van der Waals surface area contributed by atoms with Crippen molar-refractivity contribution in [2.24, 2.45) is 0 Å². The average Bonchev–Trinajstić information content (AvgIpc) is 3.80. The van der Waals surface area contributed by atoms with E-state index >= 15 is 0 Å². The van der Waals surface area contributed by atoms with Crippen molar-refractivity contribution in [3.8, 4) is 35.1 Å². The molecule has 0 radical (unpaired) electrons. The molecule has 9 nitrogen and oxygen atoms in total. The highest BCUT2D eigenvalue weighted by Gasteiger charge is 2.31. The number of benzene rings is 3. The largest absolute Gasteiger partial charge is 0.430 e. The summed E-state index contributed by atoms with van der Waals surface area (Å²) >= 11 is 0. The Morgan fingerprint density at radius 2 is 0.622 bits per heavy atom. The zero-order chi connectivity index (χ0) is 32.2. The molecule has 7 rings (SSSR count). The highest BCUT2D eigenvalue weighted by Crippen LogP contribution is 2.35. The molecule has 0 fully saturated rings. The van der Waals surface area contributed by atoms with Gasteiger partial charge < -0.3 is 13.3 Å². The fourth-order valence-corrected chi connectivity index (χ4v) is 4.13. The van der Waals surface area contributed by atoms with E-state index in [-0.39, 0.29) is 0 Å². The summed E-state index contributed by atoms with van der Waals surface area (Å²) in [5.74, 6) is -27.5. The summed E-state index contributed by atoms with van der Waals surface area (Å²) in [7, 11) is 0. The number of hydrogen-bond donors (Lipinski definition) is 0. The zero-order valence-corrected chi connectivity index (χ0v) is 21.1. The van der Waals surface area contributed by atoms with Gasteiger partial charge >= 0.3 is 0 Å². The maximum Gasteiger partial charge on any atom is 0.266 e. The Hall–Kier alpha value is -5.69. The summed E-state index contributed by atoms with van der Waals surface area (Å²) in [4.78, 5) is 21.8. The van der Waals surface area contributed by atoms with Crippen molar-refractivity contribution in [3.63, 3.8) is 0 Å². The van der Waals surface area contributed by atoms with E-state index < -0.39 is 138 Å². The number of hydrogen-bond acceptors (Lipinski definition) is 9. The van der Waals surface area contributed by atoms with Gasteiger partial charge in [-0.15, -0.1) is 0 Å². The maximum absolute atomic E-state index is 14.7. The molecule has 0 N–H and O–H groups in total. The Kier molecular flexibility index (Phi) is 5.87. The number of fused-ring (bicyclic) bond motifs is 3. The third-order valence-electron chi connectivity index (χ3n) is 6.32. The van der Waals surface area contributed by atoms with Crippen LogP contribution in [0.3, 0.4) is 0 Å². The molecule has 0 aliphatic heterocycles. The van der Waals surface area contributed by atoms with Crippen LogP contribution in [0, 0.1) is 70.9 Å². The quantitative estimate of drug-likeness (QED) is 0.112. The third-order valence-corrected chi connectivity index (χ3v) is 6.32. The van der Waals surface area contributed by atoms with Crippen LogP contribution in [0.2, 0.25) is 0 Å². The first-order valence-electron chi connectivity index (χ1n) is 11.7. The Morgan fingerprint density at radius 1 is 0.333 bits per heavy atom. The van der Waals surface area contributed by atoms with Crippen molar-refractivity contribution in [2.75, 3.05) is 0 Å². The van der Waals surface area contributed by atoms with Gasteiger partial charge in [-0.1, -0.05) is 0 Å². The van der Waals surface area contributed by atoms with E-state index in [1.165, 1.54) is 0 Å². The molecule has 4 aromatic heterocycles. The van der Waals surface area contributed by atoms with Crippen molar-refractivity contribution >= 4 is 33.3 Å². The predicted octanol–water partition coefficient (Wildman–Crippen LogP) is 7.13. The summed E-state index contributed by atoms with van der Waals surface area (Å²) < 4.78 is 171. The van der Waals surface area contributed by atoms with Gasteiger partial charge in [0, 0.05) is 5.56 Å². The minimum atomic E-state index is -2.27. The van der Waals surface area contributed by atoms with Gasteiger partial charge in [-0.25, -0.2) is 54.5 Å². The Bertz CT molecular complexity index is 2030. The first-order chi connectivity index (χ1) is 21.3. The van der Waals surface area contributed by atoms with Crippen molar-refractivity contribution in [2.45, 2.75) is 6.92 Å². The van der Waals surface area contributed by atoms with E-state index in [4.69, 9.17) is 13.3 Å². The van der Waals surface area contributed by atoms with Gasteiger partial charge in [0.1, 0.15) is 0 Å². The van der Waals surface area contributed by atoms with Crippen LogP contribution in [0.1, 0.15) is 5.56 Å². The molecule has 0 bridgehead atoms. The molecule has 4 heterocycles. The molecule has 0 atom stereocenters. The molecule has 228 valence electrons. The van der Waals surface area contributed by atoms with Crippen molar-refractivity contribution < 1.29 is 61.5 Å². The normalized spacial score (nSPS) is 12.0. The second-order valence-corrected chi connectivity index (χ2v) is 8.98. The van der Waals surface area contributed by atoms with Gasteiger partial charge in [0.2, 0.25) is 40.7 Å². The standard InChI is InChI=1S/C25H3F11N6O3/c1-2-3(26)9(32)14-17(4(2)27)43-23(37-14)20-40-21(24-38-15-10(33)5(28)7(30)12(35)18(15)44-24)42-22(41-20)25-39-16-11(34)6(29)8(31)13(36)19(16)45-25/h1H3. The molecule has 0 spiro atoms. The van der Waals surface area contributed by atoms with Crippen LogP contribution >= 0.6 is 0 Å². The van der Waals surface area contributed by atoms with Crippen LogP contribution in [0.5, 0.6) is 0 Å². The summed E-state index contributed by atoms with van der Waals surface area (Å²) in [6, 6.07) is 0. The van der Waals surface area contributed by atoms with Gasteiger partial charge in [0.15, 0.2) is 74.0 Å². The molecule has 45 heavy (non-hydrogen) atoms. The Morgan fingerprint density at radius 3 is 0.978 bits per heavy atom. The lowest BCUT2D eigenvalue weighted by atomic mass is 10.2. The highest BCUT2D eigenvalue weighted by atomic mass is 19.2. The van der Waals surface area contributed by atoms with Crippen LogP contribution < -0.4 is 0 Å². The fraction of sp³-hybridized carbons (Fsp3) is 0.0400. The molecule has 20 heteroatoms. The molecule has 3 aromatic carbocycles. The molecule has 0 unspecified atom stereocenters. The third kappa shape index (κ3) is 3.87. The lowest BCUT2D eigenvalue weighted by Crippen LogP contribution is -2.01. The summed E-state index contributed by atoms with van der Waals surface area (Å²) in [6.45, 7) is 0.878. The second kappa shape index (κ2) is 9.40. The molecule has 0 saturated heterocycles. The monoisotopic (exact) mass is 644 g/mol. The van der Waals surface area contributed by atoms with Gasteiger partial charge in [-0.3, -0.25) is 0 Å². The summed E-state index contributed by atoms with van der Waals surface area (Å²) in [5.41, 5.74) is -7.65. The van der Waals surface area contributed by atoms with Crippen LogP contribution in [0.4, 0.5) is 48.3 Å². The van der Waals surface area contributed by atoms with E-state index in [0.29, 0.717) is 0 Å². The first kappa shape index (κ1) is 28.1. The van der Waals surface area contributed by atoms with Crippen LogP contribution in [-0.4, -0.2) is 29.9 Å². The van der Waals surface area contributed by atoms with E-state index in [0.717, 1.165) is 6.92 Å². The molecule has 0 amide bonds.